The van der Waals surface area contributed by atoms with Crippen LogP contribution in [-0.4, -0.2) is 32.3 Å². The van der Waals surface area contributed by atoms with Crippen molar-refractivity contribution >= 4 is 17.5 Å². The van der Waals surface area contributed by atoms with E-state index in [1.807, 2.05) is 6.92 Å². The van der Waals surface area contributed by atoms with Crippen molar-refractivity contribution in [1.29, 1.82) is 0 Å². The van der Waals surface area contributed by atoms with Gasteiger partial charge in [-0.1, -0.05) is 13.8 Å². The molecule has 0 aliphatic rings. The van der Waals surface area contributed by atoms with Gasteiger partial charge in [-0.25, -0.2) is 4.68 Å². The minimum atomic E-state index is -0.922. The molecule has 1 aromatic heterocycles. The zero-order valence-electron chi connectivity index (χ0n) is 12.1. The fraction of sp³-hybridized carbons (Fsp3) is 0.667. The van der Waals surface area contributed by atoms with Crippen LogP contribution in [0.15, 0.2) is 0 Å². The van der Waals surface area contributed by atoms with Crippen molar-refractivity contribution in [2.75, 3.05) is 11.9 Å². The van der Waals surface area contributed by atoms with Crippen molar-refractivity contribution in [2.45, 2.75) is 34.2 Å². The van der Waals surface area contributed by atoms with Gasteiger partial charge in [0.15, 0.2) is 0 Å². The molecule has 0 aliphatic carbocycles. The first-order valence-corrected chi connectivity index (χ1v) is 6.48. The predicted molar refractivity (Wildman–Crippen MR) is 73.7 cm³/mol. The Morgan fingerprint density at radius 3 is 2.55 bits per heavy atom. The average Bonchev–Trinajstić information content (AvgIpc) is 2.64. The third-order valence-electron chi connectivity index (χ3n) is 3.19. The van der Waals surface area contributed by atoms with Gasteiger partial charge in [0.05, 0.1) is 10.8 Å². The topological polar surface area (TPSA) is 110 Å². The third kappa shape index (κ3) is 3.25. The lowest BCUT2D eigenvalue weighted by Crippen LogP contribution is -2.28. The monoisotopic (exact) mass is 284 g/mol. The molecule has 0 bridgehead atoms. The van der Waals surface area contributed by atoms with Gasteiger partial charge in [0.2, 0.25) is 5.82 Å². The molecular formula is C12H20N4O4. The molecule has 0 saturated carbocycles. The van der Waals surface area contributed by atoms with Crippen molar-refractivity contribution in [3.05, 3.63) is 15.8 Å². The summed E-state index contributed by atoms with van der Waals surface area (Å²) < 4.78 is 1.48. The maximum absolute atomic E-state index is 11.1. The number of aryl methyl sites for hydroxylation is 2. The number of anilines is 1. The summed E-state index contributed by atoms with van der Waals surface area (Å²) in [6.07, 6.45) is 0. The standard InChI is InChI=1S/C12H20N4O4/c1-5-15-11(10(16(19)20)8(4)14-15)13-6-9(7(2)3)12(17)18/h7,9,13H,5-6H2,1-4H3,(H,17,18). The second-order valence-corrected chi connectivity index (χ2v) is 4.93. The van der Waals surface area contributed by atoms with Gasteiger partial charge < -0.3 is 10.4 Å². The number of nitro groups is 1. The molecule has 0 aromatic carbocycles. The van der Waals surface area contributed by atoms with Crippen LogP contribution in [0.3, 0.4) is 0 Å². The highest BCUT2D eigenvalue weighted by Crippen LogP contribution is 2.28. The Morgan fingerprint density at radius 1 is 1.55 bits per heavy atom. The first-order chi connectivity index (χ1) is 9.29. The molecular weight excluding hydrogens is 264 g/mol. The largest absolute Gasteiger partial charge is 0.481 e. The Balaban J connectivity index is 3.02. The predicted octanol–water partition coefficient (Wildman–Crippen LogP) is 1.89. The highest BCUT2D eigenvalue weighted by atomic mass is 16.6. The number of carboxylic acid groups (broad SMARTS) is 1. The molecule has 0 aliphatic heterocycles. The van der Waals surface area contributed by atoms with Gasteiger partial charge in [0.25, 0.3) is 0 Å². The molecule has 1 unspecified atom stereocenters. The third-order valence-corrected chi connectivity index (χ3v) is 3.19. The van der Waals surface area contributed by atoms with Crippen molar-refractivity contribution in [1.82, 2.24) is 9.78 Å². The minimum Gasteiger partial charge on any atom is -0.481 e. The lowest BCUT2D eigenvalue weighted by Gasteiger charge is -2.17. The van der Waals surface area contributed by atoms with E-state index in [-0.39, 0.29) is 24.0 Å². The zero-order valence-corrected chi connectivity index (χ0v) is 12.1. The van der Waals surface area contributed by atoms with Crippen molar-refractivity contribution in [3.8, 4) is 0 Å². The normalized spacial score (nSPS) is 12.4. The molecule has 0 saturated heterocycles. The van der Waals surface area contributed by atoms with Gasteiger partial charge >= 0.3 is 11.7 Å². The molecule has 1 heterocycles. The Morgan fingerprint density at radius 2 is 2.15 bits per heavy atom. The van der Waals surface area contributed by atoms with Gasteiger partial charge in [-0.2, -0.15) is 5.10 Å². The fourth-order valence-corrected chi connectivity index (χ4v) is 2.01. The van der Waals surface area contributed by atoms with Crippen LogP contribution in [0.2, 0.25) is 0 Å². The van der Waals surface area contributed by atoms with E-state index in [2.05, 4.69) is 10.4 Å². The average molecular weight is 284 g/mol. The summed E-state index contributed by atoms with van der Waals surface area (Å²) in [5.41, 5.74) is 0.218. The number of nitrogens with zero attached hydrogens (tertiary/aromatic N) is 3. The molecule has 8 nitrogen and oxygen atoms in total. The van der Waals surface area contributed by atoms with E-state index in [1.54, 1.807) is 20.8 Å². The van der Waals surface area contributed by atoms with Crippen molar-refractivity contribution < 1.29 is 14.8 Å². The maximum Gasteiger partial charge on any atom is 0.333 e. The molecule has 1 rings (SSSR count). The van der Waals surface area contributed by atoms with Gasteiger partial charge in [-0.15, -0.1) is 0 Å². The quantitative estimate of drug-likeness (QED) is 0.584. The summed E-state index contributed by atoms with van der Waals surface area (Å²) in [6.45, 7) is 7.58. The van der Waals surface area contributed by atoms with Crippen LogP contribution in [0, 0.1) is 28.9 Å². The Bertz CT molecular complexity index is 510. The summed E-state index contributed by atoms with van der Waals surface area (Å²) in [4.78, 5) is 21.7. The van der Waals surface area contributed by atoms with Crippen molar-refractivity contribution in [2.24, 2.45) is 11.8 Å². The lowest BCUT2D eigenvalue weighted by molar-refractivity contribution is -0.384. The second-order valence-electron chi connectivity index (χ2n) is 4.93. The highest BCUT2D eigenvalue weighted by molar-refractivity contribution is 5.71. The molecule has 0 fully saturated rings. The Labute approximate surface area is 116 Å². The van der Waals surface area contributed by atoms with Gasteiger partial charge in [-0.05, 0) is 19.8 Å². The lowest BCUT2D eigenvalue weighted by atomic mass is 9.96. The molecule has 20 heavy (non-hydrogen) atoms. The molecule has 8 heteroatoms. The van der Waals surface area contributed by atoms with Crippen LogP contribution in [0.25, 0.3) is 0 Å². The minimum absolute atomic E-state index is 0.0712. The highest BCUT2D eigenvalue weighted by Gasteiger charge is 2.27. The second kappa shape index (κ2) is 6.36. The Hall–Kier alpha value is -2.12. The fourth-order valence-electron chi connectivity index (χ4n) is 2.01. The number of hydrogen-bond acceptors (Lipinski definition) is 5. The first kappa shape index (κ1) is 15.9. The van der Waals surface area contributed by atoms with Gasteiger partial charge in [0, 0.05) is 13.1 Å². The summed E-state index contributed by atoms with van der Waals surface area (Å²) in [5, 5.41) is 27.2. The van der Waals surface area contributed by atoms with E-state index >= 15 is 0 Å². The van der Waals surface area contributed by atoms with Crippen LogP contribution in [0.4, 0.5) is 11.5 Å². The summed E-state index contributed by atoms with van der Waals surface area (Å²) in [5.74, 6) is -1.34. The van der Waals surface area contributed by atoms with Crippen LogP contribution in [-0.2, 0) is 11.3 Å². The Kier molecular flexibility index (Phi) is 5.06. The number of hydrogen-bond donors (Lipinski definition) is 2. The van der Waals surface area contributed by atoms with Gasteiger partial charge in [-0.3, -0.25) is 14.9 Å². The summed E-state index contributed by atoms with van der Waals surface area (Å²) in [7, 11) is 0. The number of carbonyl (C=O) groups is 1. The van der Waals surface area contributed by atoms with E-state index in [0.717, 1.165) is 0 Å². The number of aliphatic carboxylic acids is 1. The van der Waals surface area contributed by atoms with Crippen molar-refractivity contribution in [3.63, 3.8) is 0 Å². The zero-order chi connectivity index (χ0) is 15.4. The first-order valence-electron chi connectivity index (χ1n) is 6.48. The molecule has 2 N–H and O–H groups in total. The van der Waals surface area contributed by atoms with Crippen LogP contribution in [0.1, 0.15) is 26.5 Å². The molecule has 112 valence electrons. The van der Waals surface area contributed by atoms with E-state index in [4.69, 9.17) is 5.11 Å². The number of aromatic nitrogens is 2. The van der Waals surface area contributed by atoms with E-state index in [1.165, 1.54) is 4.68 Å². The van der Waals surface area contributed by atoms with Crippen LogP contribution < -0.4 is 5.32 Å². The number of nitrogens with one attached hydrogen (secondary N) is 1. The molecule has 0 amide bonds. The maximum atomic E-state index is 11.1. The molecule has 0 radical (unpaired) electrons. The van der Waals surface area contributed by atoms with E-state index < -0.39 is 16.8 Å². The SMILES string of the molecule is CCn1nc(C)c([N+](=O)[O-])c1NCC(C(=O)O)C(C)C. The molecule has 1 atom stereocenters. The van der Waals surface area contributed by atoms with Crippen LogP contribution >= 0.6 is 0 Å². The summed E-state index contributed by atoms with van der Waals surface area (Å²) >= 11 is 0. The summed E-state index contributed by atoms with van der Waals surface area (Å²) in [6, 6.07) is 0. The number of rotatable bonds is 7. The smallest absolute Gasteiger partial charge is 0.333 e. The number of carboxylic acids is 1. The van der Waals surface area contributed by atoms with E-state index in [9.17, 15) is 14.9 Å². The van der Waals surface area contributed by atoms with Gasteiger partial charge in [0.1, 0.15) is 5.69 Å². The molecule has 0 spiro atoms. The van der Waals surface area contributed by atoms with Crippen LogP contribution in [0.5, 0.6) is 0 Å². The molecule has 1 aromatic rings. The van der Waals surface area contributed by atoms with E-state index in [0.29, 0.717) is 12.2 Å².